The molecule has 0 saturated heterocycles. The molecule has 2 rings (SSSR count). The van der Waals surface area contributed by atoms with E-state index in [1.165, 1.54) is 0 Å². The Hall–Kier alpha value is -1.19. The Balaban J connectivity index is 2.16. The first-order valence-electron chi connectivity index (χ1n) is 5.84. The van der Waals surface area contributed by atoms with Crippen LogP contribution >= 0.6 is 23.2 Å². The van der Waals surface area contributed by atoms with Gasteiger partial charge < -0.3 is 5.32 Å². The Morgan fingerprint density at radius 1 is 1.39 bits per heavy atom. The number of aryl methyl sites for hydroxylation is 1. The van der Waals surface area contributed by atoms with Crippen molar-refractivity contribution in [3.05, 3.63) is 46.2 Å². The van der Waals surface area contributed by atoms with Crippen molar-refractivity contribution in [2.45, 2.75) is 26.4 Å². The maximum atomic E-state index is 6.17. The lowest BCUT2D eigenvalue weighted by Crippen LogP contribution is -2.06. The predicted octanol–water partition coefficient (Wildman–Crippen LogP) is 4.38. The second-order valence-corrected chi connectivity index (χ2v) is 4.96. The second kappa shape index (κ2) is 5.63. The molecule has 2 aromatic rings. The second-order valence-electron chi connectivity index (χ2n) is 4.12. The van der Waals surface area contributed by atoms with Gasteiger partial charge in [-0.3, -0.25) is 4.68 Å². The van der Waals surface area contributed by atoms with Crippen molar-refractivity contribution in [2.24, 2.45) is 0 Å². The number of aromatic nitrogens is 2. The van der Waals surface area contributed by atoms with E-state index in [0.29, 0.717) is 10.0 Å². The SMILES string of the molecule is CCn1cc(NC(C)c2cc(Cl)ccc2Cl)cn1. The Morgan fingerprint density at radius 2 is 2.17 bits per heavy atom. The summed E-state index contributed by atoms with van der Waals surface area (Å²) >= 11 is 12.2. The maximum absolute atomic E-state index is 6.17. The number of halogens is 2. The Kier molecular flexibility index (Phi) is 4.15. The van der Waals surface area contributed by atoms with Gasteiger partial charge in [0, 0.05) is 22.8 Å². The standard InChI is InChI=1S/C13H15Cl2N3/c1-3-18-8-11(7-16-18)17-9(2)12-6-10(14)4-5-13(12)15/h4-9,17H,3H2,1-2H3. The van der Waals surface area contributed by atoms with Gasteiger partial charge in [0.25, 0.3) is 0 Å². The van der Waals surface area contributed by atoms with Gasteiger partial charge in [-0.25, -0.2) is 0 Å². The molecule has 0 saturated carbocycles. The van der Waals surface area contributed by atoms with Crippen molar-refractivity contribution < 1.29 is 0 Å². The molecule has 3 nitrogen and oxygen atoms in total. The van der Waals surface area contributed by atoms with Crippen LogP contribution in [0.1, 0.15) is 25.5 Å². The van der Waals surface area contributed by atoms with Crippen molar-refractivity contribution in [1.29, 1.82) is 0 Å². The molecular formula is C13H15Cl2N3. The van der Waals surface area contributed by atoms with Crippen LogP contribution in [0.4, 0.5) is 5.69 Å². The van der Waals surface area contributed by atoms with Gasteiger partial charge >= 0.3 is 0 Å². The fraction of sp³-hybridized carbons (Fsp3) is 0.308. The molecule has 5 heteroatoms. The van der Waals surface area contributed by atoms with Crippen LogP contribution < -0.4 is 5.32 Å². The summed E-state index contributed by atoms with van der Waals surface area (Å²) in [5.41, 5.74) is 1.95. The molecule has 0 fully saturated rings. The smallest absolute Gasteiger partial charge is 0.0731 e. The number of anilines is 1. The molecule has 0 aliphatic carbocycles. The fourth-order valence-corrected chi connectivity index (χ4v) is 2.25. The molecule has 0 aliphatic heterocycles. The first kappa shape index (κ1) is 13.2. The zero-order chi connectivity index (χ0) is 13.1. The van der Waals surface area contributed by atoms with Gasteiger partial charge in [-0.15, -0.1) is 0 Å². The van der Waals surface area contributed by atoms with E-state index in [0.717, 1.165) is 17.8 Å². The molecule has 0 bridgehead atoms. The van der Waals surface area contributed by atoms with Crippen LogP contribution in [0.25, 0.3) is 0 Å². The summed E-state index contributed by atoms with van der Waals surface area (Å²) in [6, 6.07) is 5.55. The van der Waals surface area contributed by atoms with E-state index in [-0.39, 0.29) is 6.04 Å². The Morgan fingerprint density at radius 3 is 2.83 bits per heavy atom. The largest absolute Gasteiger partial charge is 0.376 e. The van der Waals surface area contributed by atoms with Crippen molar-refractivity contribution >= 4 is 28.9 Å². The highest BCUT2D eigenvalue weighted by Gasteiger charge is 2.11. The van der Waals surface area contributed by atoms with E-state index in [4.69, 9.17) is 23.2 Å². The molecule has 0 amide bonds. The van der Waals surface area contributed by atoms with Crippen LogP contribution in [0.3, 0.4) is 0 Å². The lowest BCUT2D eigenvalue weighted by atomic mass is 10.1. The molecule has 1 unspecified atom stereocenters. The molecule has 0 radical (unpaired) electrons. The predicted molar refractivity (Wildman–Crippen MR) is 76.4 cm³/mol. The maximum Gasteiger partial charge on any atom is 0.0731 e. The van der Waals surface area contributed by atoms with Gasteiger partial charge in [0.05, 0.1) is 17.9 Å². The molecule has 1 atom stereocenters. The number of hydrogen-bond acceptors (Lipinski definition) is 2. The number of hydrogen-bond donors (Lipinski definition) is 1. The molecule has 96 valence electrons. The summed E-state index contributed by atoms with van der Waals surface area (Å²) in [7, 11) is 0. The van der Waals surface area contributed by atoms with Crippen molar-refractivity contribution in [2.75, 3.05) is 5.32 Å². The molecule has 0 spiro atoms. The third-order valence-electron chi connectivity index (χ3n) is 2.76. The summed E-state index contributed by atoms with van der Waals surface area (Å²) in [5, 5.41) is 8.97. The first-order valence-corrected chi connectivity index (χ1v) is 6.59. The molecular weight excluding hydrogens is 269 g/mol. The molecule has 1 aromatic heterocycles. The van der Waals surface area contributed by atoms with Gasteiger partial charge in [0.1, 0.15) is 0 Å². The van der Waals surface area contributed by atoms with Crippen LogP contribution in [-0.2, 0) is 6.54 Å². The Bertz CT molecular complexity index is 537. The highest BCUT2D eigenvalue weighted by molar-refractivity contribution is 6.33. The van der Waals surface area contributed by atoms with Gasteiger partial charge in [0.2, 0.25) is 0 Å². The highest BCUT2D eigenvalue weighted by atomic mass is 35.5. The molecule has 1 aromatic carbocycles. The molecule has 1 heterocycles. The lowest BCUT2D eigenvalue weighted by molar-refractivity contribution is 0.660. The van der Waals surface area contributed by atoms with Crippen LogP contribution in [0, 0.1) is 0 Å². The zero-order valence-corrected chi connectivity index (χ0v) is 11.8. The zero-order valence-electron chi connectivity index (χ0n) is 10.3. The van der Waals surface area contributed by atoms with Crippen molar-refractivity contribution in [1.82, 2.24) is 9.78 Å². The quantitative estimate of drug-likeness (QED) is 0.902. The monoisotopic (exact) mass is 283 g/mol. The normalized spacial score (nSPS) is 12.4. The summed E-state index contributed by atoms with van der Waals surface area (Å²) in [5.74, 6) is 0. The van der Waals surface area contributed by atoms with E-state index >= 15 is 0 Å². The van der Waals surface area contributed by atoms with Crippen LogP contribution in [0.2, 0.25) is 10.0 Å². The minimum Gasteiger partial charge on any atom is -0.376 e. The highest BCUT2D eigenvalue weighted by Crippen LogP contribution is 2.28. The van der Waals surface area contributed by atoms with Crippen LogP contribution in [0.15, 0.2) is 30.6 Å². The number of benzene rings is 1. The van der Waals surface area contributed by atoms with Crippen molar-refractivity contribution in [3.63, 3.8) is 0 Å². The summed E-state index contributed by atoms with van der Waals surface area (Å²) in [4.78, 5) is 0. The topological polar surface area (TPSA) is 29.9 Å². The molecule has 1 N–H and O–H groups in total. The third-order valence-corrected chi connectivity index (χ3v) is 3.34. The average molecular weight is 284 g/mol. The summed E-state index contributed by atoms with van der Waals surface area (Å²) in [6.07, 6.45) is 3.77. The molecule has 0 aliphatic rings. The van der Waals surface area contributed by atoms with E-state index < -0.39 is 0 Å². The van der Waals surface area contributed by atoms with Gasteiger partial charge in [0.15, 0.2) is 0 Å². The summed E-state index contributed by atoms with van der Waals surface area (Å²) in [6.45, 7) is 4.95. The van der Waals surface area contributed by atoms with Gasteiger partial charge in [-0.1, -0.05) is 23.2 Å². The van der Waals surface area contributed by atoms with E-state index in [9.17, 15) is 0 Å². The minimum atomic E-state index is 0.0747. The van der Waals surface area contributed by atoms with Crippen LogP contribution in [0.5, 0.6) is 0 Å². The summed E-state index contributed by atoms with van der Waals surface area (Å²) < 4.78 is 1.87. The Labute approximate surface area is 117 Å². The van der Waals surface area contributed by atoms with E-state index in [1.807, 2.05) is 36.9 Å². The van der Waals surface area contributed by atoms with E-state index in [1.54, 1.807) is 12.3 Å². The van der Waals surface area contributed by atoms with Crippen LogP contribution in [-0.4, -0.2) is 9.78 Å². The number of nitrogens with zero attached hydrogens (tertiary/aromatic N) is 2. The number of nitrogens with one attached hydrogen (secondary N) is 1. The number of rotatable bonds is 4. The van der Waals surface area contributed by atoms with E-state index in [2.05, 4.69) is 10.4 Å². The molecule has 18 heavy (non-hydrogen) atoms. The average Bonchev–Trinajstić information content (AvgIpc) is 2.80. The minimum absolute atomic E-state index is 0.0747. The third kappa shape index (κ3) is 2.98. The van der Waals surface area contributed by atoms with Crippen molar-refractivity contribution in [3.8, 4) is 0 Å². The fourth-order valence-electron chi connectivity index (χ4n) is 1.79. The first-order chi connectivity index (χ1) is 8.60. The lowest BCUT2D eigenvalue weighted by Gasteiger charge is -2.15. The van der Waals surface area contributed by atoms with Gasteiger partial charge in [-0.05, 0) is 37.6 Å². The van der Waals surface area contributed by atoms with Gasteiger partial charge in [-0.2, -0.15) is 5.10 Å².